The number of morpholine rings is 1. The summed E-state index contributed by atoms with van der Waals surface area (Å²) >= 11 is 1.48. The Bertz CT molecular complexity index is 738. The van der Waals surface area contributed by atoms with Gasteiger partial charge in [0.1, 0.15) is 5.69 Å². The van der Waals surface area contributed by atoms with Crippen LogP contribution in [0.15, 0.2) is 17.6 Å². The molecule has 0 radical (unpaired) electrons. The monoisotopic (exact) mass is 345 g/mol. The lowest BCUT2D eigenvalue weighted by Gasteiger charge is -2.26. The normalized spacial score (nSPS) is 14.9. The molecule has 0 atom stereocenters. The minimum absolute atomic E-state index is 0.179. The van der Waals surface area contributed by atoms with Crippen LogP contribution in [0.2, 0.25) is 0 Å². The average molecular weight is 345 g/mol. The molecule has 0 aliphatic carbocycles. The van der Waals surface area contributed by atoms with Gasteiger partial charge < -0.3 is 10.1 Å². The predicted molar refractivity (Wildman–Crippen MR) is 90.9 cm³/mol. The fourth-order valence-corrected chi connectivity index (χ4v) is 2.82. The van der Waals surface area contributed by atoms with Crippen LogP contribution in [0.5, 0.6) is 0 Å². The Kier molecular flexibility index (Phi) is 5.59. The second-order valence-corrected chi connectivity index (χ2v) is 6.23. The Labute approximate surface area is 144 Å². The summed E-state index contributed by atoms with van der Waals surface area (Å²) in [6.07, 6.45) is 1.71. The number of amides is 1. The second-order valence-electron chi connectivity index (χ2n) is 5.34. The molecule has 0 saturated carbocycles. The lowest BCUT2D eigenvalue weighted by molar-refractivity contribution is 0.0383. The summed E-state index contributed by atoms with van der Waals surface area (Å²) in [5.74, 6) is 5.78. The first-order valence-electron chi connectivity index (χ1n) is 7.76. The van der Waals surface area contributed by atoms with Crippen molar-refractivity contribution < 1.29 is 9.53 Å². The predicted octanol–water partition coefficient (Wildman–Crippen LogP) is 0.338. The van der Waals surface area contributed by atoms with Crippen molar-refractivity contribution in [3.05, 3.63) is 34.0 Å². The maximum Gasteiger partial charge on any atom is 0.271 e. The van der Waals surface area contributed by atoms with Crippen LogP contribution in [0.25, 0.3) is 0 Å². The summed E-state index contributed by atoms with van der Waals surface area (Å²) in [5, 5.41) is 9.75. The highest BCUT2D eigenvalue weighted by Crippen LogP contribution is 2.05. The van der Waals surface area contributed by atoms with Crippen molar-refractivity contribution >= 4 is 17.2 Å². The van der Waals surface area contributed by atoms with E-state index in [0.29, 0.717) is 17.9 Å². The number of carbonyl (C=O) groups is 1. The molecule has 1 N–H and O–H groups in total. The summed E-state index contributed by atoms with van der Waals surface area (Å²) in [4.78, 5) is 18.6. The molecule has 1 fully saturated rings. The Balaban J connectivity index is 1.54. The number of nitrogens with one attached hydrogen (secondary N) is 1. The van der Waals surface area contributed by atoms with Gasteiger partial charge in [0.2, 0.25) is 0 Å². The van der Waals surface area contributed by atoms with Gasteiger partial charge in [-0.2, -0.15) is 5.10 Å². The van der Waals surface area contributed by atoms with Gasteiger partial charge in [-0.05, 0) is 11.8 Å². The molecule has 2 aromatic rings. The molecule has 1 aliphatic rings. The number of ether oxygens (including phenoxy) is 1. The molecule has 0 spiro atoms. The van der Waals surface area contributed by atoms with Crippen LogP contribution in [0.4, 0.5) is 0 Å². The molecule has 1 amide bonds. The van der Waals surface area contributed by atoms with Crippen LogP contribution < -0.4 is 5.32 Å². The Hall–Kier alpha value is -2.21. The van der Waals surface area contributed by atoms with E-state index in [-0.39, 0.29) is 5.91 Å². The maximum atomic E-state index is 12.2. The van der Waals surface area contributed by atoms with E-state index in [1.165, 1.54) is 11.3 Å². The van der Waals surface area contributed by atoms with E-state index in [2.05, 4.69) is 32.1 Å². The molecule has 2 aromatic heterocycles. The topological polar surface area (TPSA) is 72.3 Å². The number of aromatic nitrogens is 3. The van der Waals surface area contributed by atoms with E-state index in [1.54, 1.807) is 24.0 Å². The lowest BCUT2D eigenvalue weighted by atomic mass is 10.3. The van der Waals surface area contributed by atoms with Gasteiger partial charge in [0.25, 0.3) is 5.91 Å². The first-order valence-corrected chi connectivity index (χ1v) is 8.64. The Morgan fingerprint density at radius 1 is 1.42 bits per heavy atom. The van der Waals surface area contributed by atoms with Crippen LogP contribution in [0, 0.1) is 11.8 Å². The minimum Gasteiger partial charge on any atom is -0.379 e. The van der Waals surface area contributed by atoms with Crippen LogP contribution in [0.3, 0.4) is 0 Å². The number of nitrogens with zero attached hydrogens (tertiary/aromatic N) is 4. The fourth-order valence-electron chi connectivity index (χ4n) is 2.34. The van der Waals surface area contributed by atoms with Crippen LogP contribution in [-0.4, -0.2) is 65.0 Å². The van der Waals surface area contributed by atoms with Gasteiger partial charge in [0.15, 0.2) is 10.7 Å². The van der Waals surface area contributed by atoms with E-state index in [0.717, 1.165) is 37.9 Å². The van der Waals surface area contributed by atoms with Crippen LogP contribution >= 0.6 is 11.3 Å². The number of thiazole rings is 1. The summed E-state index contributed by atoms with van der Waals surface area (Å²) in [7, 11) is 1.77. The zero-order chi connectivity index (χ0) is 16.8. The summed E-state index contributed by atoms with van der Waals surface area (Å²) in [6.45, 7) is 4.75. The average Bonchev–Trinajstić information content (AvgIpc) is 3.23. The SMILES string of the molecule is Cn1nc(C(=O)NCCN2CCOCC2)cc1C#Cc1nccs1. The number of hydrogen-bond donors (Lipinski definition) is 1. The number of carbonyl (C=O) groups excluding carboxylic acids is 1. The minimum atomic E-state index is -0.179. The van der Waals surface area contributed by atoms with Crippen LogP contribution in [-0.2, 0) is 11.8 Å². The molecule has 1 aliphatic heterocycles. The number of rotatable bonds is 4. The molecule has 0 aromatic carbocycles. The molecular formula is C16H19N5O2S. The molecule has 0 unspecified atom stereocenters. The van der Waals surface area contributed by atoms with E-state index in [1.807, 2.05) is 5.38 Å². The molecule has 3 rings (SSSR count). The highest BCUT2D eigenvalue weighted by molar-refractivity contribution is 7.10. The summed E-state index contributed by atoms with van der Waals surface area (Å²) in [5.41, 5.74) is 1.06. The van der Waals surface area contributed by atoms with Gasteiger partial charge >= 0.3 is 0 Å². The second kappa shape index (κ2) is 8.06. The van der Waals surface area contributed by atoms with Crippen molar-refractivity contribution in [1.82, 2.24) is 25.0 Å². The highest BCUT2D eigenvalue weighted by Gasteiger charge is 2.13. The van der Waals surface area contributed by atoms with Gasteiger partial charge in [-0.3, -0.25) is 14.4 Å². The van der Waals surface area contributed by atoms with Gasteiger partial charge in [-0.1, -0.05) is 0 Å². The third kappa shape index (κ3) is 4.41. The molecule has 126 valence electrons. The van der Waals surface area contributed by atoms with Gasteiger partial charge in [-0.25, -0.2) is 4.98 Å². The third-order valence-corrected chi connectivity index (χ3v) is 4.35. The van der Waals surface area contributed by atoms with Crippen molar-refractivity contribution in [1.29, 1.82) is 0 Å². The zero-order valence-electron chi connectivity index (χ0n) is 13.5. The molecule has 7 nitrogen and oxygen atoms in total. The zero-order valence-corrected chi connectivity index (χ0v) is 14.3. The first-order chi connectivity index (χ1) is 11.7. The number of hydrogen-bond acceptors (Lipinski definition) is 6. The molecule has 24 heavy (non-hydrogen) atoms. The lowest BCUT2D eigenvalue weighted by Crippen LogP contribution is -2.41. The van der Waals surface area contributed by atoms with Crippen molar-refractivity contribution in [2.45, 2.75) is 0 Å². The number of aryl methyl sites for hydroxylation is 1. The first kappa shape index (κ1) is 16.6. The molecular weight excluding hydrogens is 326 g/mol. The maximum absolute atomic E-state index is 12.2. The Morgan fingerprint density at radius 3 is 3.00 bits per heavy atom. The summed E-state index contributed by atoms with van der Waals surface area (Å²) in [6, 6.07) is 1.70. The smallest absolute Gasteiger partial charge is 0.271 e. The van der Waals surface area contributed by atoms with E-state index >= 15 is 0 Å². The fraction of sp³-hybridized carbons (Fsp3) is 0.438. The van der Waals surface area contributed by atoms with Crippen molar-refractivity contribution in [3.63, 3.8) is 0 Å². The van der Waals surface area contributed by atoms with E-state index < -0.39 is 0 Å². The molecule has 3 heterocycles. The van der Waals surface area contributed by atoms with E-state index in [4.69, 9.17) is 4.74 Å². The van der Waals surface area contributed by atoms with Gasteiger partial charge in [-0.15, -0.1) is 11.3 Å². The van der Waals surface area contributed by atoms with E-state index in [9.17, 15) is 4.79 Å². The standard InChI is InChI=1S/C16H19N5O2S/c1-20-13(2-3-15-17-5-11-24-15)12-14(19-20)16(22)18-4-6-21-7-9-23-10-8-21/h5,11-12H,4,6-10H2,1H3,(H,18,22). The van der Waals surface area contributed by atoms with Crippen molar-refractivity contribution in [2.24, 2.45) is 7.05 Å². The quantitative estimate of drug-likeness (QED) is 0.809. The van der Waals surface area contributed by atoms with Crippen molar-refractivity contribution in [3.8, 4) is 11.8 Å². The largest absolute Gasteiger partial charge is 0.379 e. The highest BCUT2D eigenvalue weighted by atomic mass is 32.1. The molecule has 8 heteroatoms. The van der Waals surface area contributed by atoms with Crippen LogP contribution in [0.1, 0.15) is 21.2 Å². The Morgan fingerprint density at radius 2 is 2.25 bits per heavy atom. The molecule has 0 bridgehead atoms. The molecule has 1 saturated heterocycles. The van der Waals surface area contributed by atoms with Crippen molar-refractivity contribution in [2.75, 3.05) is 39.4 Å². The van der Waals surface area contributed by atoms with Gasteiger partial charge in [0, 0.05) is 50.9 Å². The summed E-state index contributed by atoms with van der Waals surface area (Å²) < 4.78 is 6.91. The third-order valence-electron chi connectivity index (χ3n) is 3.66. The van der Waals surface area contributed by atoms with Gasteiger partial charge in [0.05, 0.1) is 13.2 Å².